The number of hydrogen-bond donors (Lipinski definition) is 2. The summed E-state index contributed by atoms with van der Waals surface area (Å²) >= 11 is 0. The monoisotopic (exact) mass is 298 g/mol. The average Bonchev–Trinajstić information content (AvgIpc) is 2.49. The third-order valence-electron chi connectivity index (χ3n) is 3.91. The Morgan fingerprint density at radius 1 is 1.38 bits per heavy atom. The summed E-state index contributed by atoms with van der Waals surface area (Å²) < 4.78 is 31.8. The van der Waals surface area contributed by atoms with Crippen LogP contribution in [0.4, 0.5) is 8.78 Å². The quantitative estimate of drug-likeness (QED) is 0.868. The van der Waals surface area contributed by atoms with Gasteiger partial charge < -0.3 is 15.4 Å². The molecule has 0 saturated carbocycles. The summed E-state index contributed by atoms with van der Waals surface area (Å²) in [5, 5.41) is 5.91. The molecular formula is C15H20F2N2O2. The first kappa shape index (κ1) is 15.9. The third kappa shape index (κ3) is 3.77. The van der Waals surface area contributed by atoms with Crippen LogP contribution < -0.4 is 10.6 Å². The molecule has 0 unspecified atom stereocenters. The number of amides is 1. The molecule has 1 aromatic carbocycles. The minimum absolute atomic E-state index is 0.0265. The summed E-state index contributed by atoms with van der Waals surface area (Å²) in [5.74, 6) is -1.22. The fourth-order valence-electron chi connectivity index (χ4n) is 2.66. The van der Waals surface area contributed by atoms with Crippen molar-refractivity contribution in [3.63, 3.8) is 0 Å². The molecule has 1 saturated heterocycles. The van der Waals surface area contributed by atoms with E-state index in [0.717, 1.165) is 31.3 Å². The van der Waals surface area contributed by atoms with E-state index in [-0.39, 0.29) is 18.0 Å². The van der Waals surface area contributed by atoms with E-state index in [4.69, 9.17) is 4.74 Å². The van der Waals surface area contributed by atoms with E-state index < -0.39 is 17.0 Å². The van der Waals surface area contributed by atoms with Gasteiger partial charge in [0.2, 0.25) is 5.91 Å². The zero-order chi connectivity index (χ0) is 15.3. The molecule has 1 amide bonds. The fourth-order valence-corrected chi connectivity index (χ4v) is 2.66. The van der Waals surface area contributed by atoms with Crippen molar-refractivity contribution >= 4 is 5.91 Å². The Kier molecular flexibility index (Phi) is 5.25. The van der Waals surface area contributed by atoms with Crippen LogP contribution in [0.2, 0.25) is 0 Å². The summed E-state index contributed by atoms with van der Waals surface area (Å²) in [7, 11) is 1.56. The van der Waals surface area contributed by atoms with Crippen molar-refractivity contribution in [2.45, 2.75) is 19.4 Å². The topological polar surface area (TPSA) is 50.4 Å². The second-order valence-electron chi connectivity index (χ2n) is 5.38. The highest BCUT2D eigenvalue weighted by molar-refractivity contribution is 5.83. The molecule has 2 N–H and O–H groups in total. The van der Waals surface area contributed by atoms with Crippen molar-refractivity contribution in [1.29, 1.82) is 0 Å². The van der Waals surface area contributed by atoms with E-state index in [1.807, 2.05) is 0 Å². The number of halogens is 2. The highest BCUT2D eigenvalue weighted by Crippen LogP contribution is 2.29. The summed E-state index contributed by atoms with van der Waals surface area (Å²) in [5.41, 5.74) is -0.450. The summed E-state index contributed by atoms with van der Waals surface area (Å²) in [6.45, 7) is 1.78. The molecule has 0 aromatic heterocycles. The van der Waals surface area contributed by atoms with Gasteiger partial charge in [0.15, 0.2) is 0 Å². The fraction of sp³-hybridized carbons (Fsp3) is 0.533. The first-order chi connectivity index (χ1) is 10.1. The van der Waals surface area contributed by atoms with Crippen LogP contribution in [0.15, 0.2) is 18.2 Å². The van der Waals surface area contributed by atoms with E-state index in [0.29, 0.717) is 19.4 Å². The van der Waals surface area contributed by atoms with E-state index in [2.05, 4.69) is 10.6 Å². The minimum Gasteiger partial charge on any atom is -0.384 e. The number of benzene rings is 1. The van der Waals surface area contributed by atoms with Gasteiger partial charge in [0, 0.05) is 19.2 Å². The van der Waals surface area contributed by atoms with E-state index in [1.54, 1.807) is 7.11 Å². The van der Waals surface area contributed by atoms with Crippen molar-refractivity contribution in [2.75, 3.05) is 26.8 Å². The molecule has 2 rings (SSSR count). The Hall–Kier alpha value is -1.53. The van der Waals surface area contributed by atoms with Gasteiger partial charge in [0.25, 0.3) is 0 Å². The standard InChI is InChI=1S/C15H20F2N2O2/c1-21-10-15(4-6-18-7-5-15)14(20)19-9-11-8-12(16)2-3-13(11)17/h2-3,8,18H,4-7,9-10H2,1H3,(H,19,20). The average molecular weight is 298 g/mol. The lowest BCUT2D eigenvalue weighted by molar-refractivity contribution is -0.136. The molecule has 1 aliphatic heterocycles. The maximum Gasteiger partial charge on any atom is 0.228 e. The minimum atomic E-state index is -0.593. The Balaban J connectivity index is 2.03. The summed E-state index contributed by atoms with van der Waals surface area (Å²) in [6, 6.07) is 3.22. The predicted octanol–water partition coefficient (Wildman–Crippen LogP) is 1.60. The number of nitrogens with one attached hydrogen (secondary N) is 2. The Labute approximate surface area is 122 Å². The van der Waals surface area contributed by atoms with Gasteiger partial charge in [-0.25, -0.2) is 8.78 Å². The molecule has 0 spiro atoms. The zero-order valence-electron chi connectivity index (χ0n) is 12.0. The van der Waals surface area contributed by atoms with Gasteiger partial charge in [0.05, 0.1) is 12.0 Å². The molecule has 6 heteroatoms. The third-order valence-corrected chi connectivity index (χ3v) is 3.91. The van der Waals surface area contributed by atoms with E-state index in [9.17, 15) is 13.6 Å². The second-order valence-corrected chi connectivity index (χ2v) is 5.38. The van der Waals surface area contributed by atoms with E-state index in [1.165, 1.54) is 0 Å². The van der Waals surface area contributed by atoms with Crippen LogP contribution in [0.5, 0.6) is 0 Å². The Bertz CT molecular complexity index is 497. The lowest BCUT2D eigenvalue weighted by atomic mass is 9.78. The smallest absolute Gasteiger partial charge is 0.228 e. The molecule has 1 fully saturated rings. The molecule has 21 heavy (non-hydrogen) atoms. The summed E-state index contributed by atoms with van der Waals surface area (Å²) in [6.07, 6.45) is 1.33. The lowest BCUT2D eigenvalue weighted by Crippen LogP contribution is -2.50. The second kappa shape index (κ2) is 6.95. The molecule has 116 valence electrons. The van der Waals surface area contributed by atoms with Gasteiger partial charge in [-0.05, 0) is 44.1 Å². The molecule has 1 aliphatic rings. The van der Waals surface area contributed by atoms with Gasteiger partial charge in [-0.1, -0.05) is 0 Å². The normalized spacial score (nSPS) is 17.5. The Morgan fingerprint density at radius 3 is 2.76 bits per heavy atom. The first-order valence-corrected chi connectivity index (χ1v) is 6.99. The molecular weight excluding hydrogens is 278 g/mol. The molecule has 1 aromatic rings. The van der Waals surface area contributed by atoms with Crippen LogP contribution >= 0.6 is 0 Å². The van der Waals surface area contributed by atoms with Gasteiger partial charge >= 0.3 is 0 Å². The number of ether oxygens (including phenoxy) is 1. The van der Waals surface area contributed by atoms with Gasteiger partial charge in [0.1, 0.15) is 11.6 Å². The van der Waals surface area contributed by atoms with Crippen molar-refractivity contribution in [1.82, 2.24) is 10.6 Å². The largest absolute Gasteiger partial charge is 0.384 e. The molecule has 0 aliphatic carbocycles. The number of hydrogen-bond acceptors (Lipinski definition) is 3. The molecule has 1 heterocycles. The van der Waals surface area contributed by atoms with Crippen LogP contribution in [0.3, 0.4) is 0 Å². The summed E-state index contributed by atoms with van der Waals surface area (Å²) in [4.78, 5) is 12.4. The van der Waals surface area contributed by atoms with Crippen LogP contribution in [0.25, 0.3) is 0 Å². The molecule has 0 atom stereocenters. The van der Waals surface area contributed by atoms with Crippen LogP contribution in [-0.4, -0.2) is 32.7 Å². The predicted molar refractivity (Wildman–Crippen MR) is 74.6 cm³/mol. The van der Waals surface area contributed by atoms with Gasteiger partial charge in [-0.2, -0.15) is 0 Å². The van der Waals surface area contributed by atoms with Crippen molar-refractivity contribution in [2.24, 2.45) is 5.41 Å². The highest BCUT2D eigenvalue weighted by atomic mass is 19.1. The number of methoxy groups -OCH3 is 1. The number of carbonyl (C=O) groups is 1. The van der Waals surface area contributed by atoms with E-state index >= 15 is 0 Å². The first-order valence-electron chi connectivity index (χ1n) is 6.99. The van der Waals surface area contributed by atoms with Crippen molar-refractivity contribution < 1.29 is 18.3 Å². The van der Waals surface area contributed by atoms with Crippen molar-refractivity contribution in [3.05, 3.63) is 35.4 Å². The van der Waals surface area contributed by atoms with Crippen LogP contribution in [0.1, 0.15) is 18.4 Å². The number of rotatable bonds is 5. The van der Waals surface area contributed by atoms with Crippen LogP contribution in [0, 0.1) is 17.0 Å². The molecule has 0 radical (unpaired) electrons. The molecule has 4 nitrogen and oxygen atoms in total. The SMILES string of the molecule is COCC1(C(=O)NCc2cc(F)ccc2F)CCNCC1. The maximum atomic E-state index is 13.6. The van der Waals surface area contributed by atoms with Crippen LogP contribution in [-0.2, 0) is 16.1 Å². The number of carbonyl (C=O) groups excluding carboxylic acids is 1. The number of piperidine rings is 1. The highest BCUT2D eigenvalue weighted by Gasteiger charge is 2.39. The van der Waals surface area contributed by atoms with Gasteiger partial charge in [-0.3, -0.25) is 4.79 Å². The zero-order valence-corrected chi connectivity index (χ0v) is 12.0. The van der Waals surface area contributed by atoms with Crippen molar-refractivity contribution in [3.8, 4) is 0 Å². The lowest BCUT2D eigenvalue weighted by Gasteiger charge is -2.35. The van der Waals surface area contributed by atoms with Gasteiger partial charge in [-0.15, -0.1) is 0 Å². The Morgan fingerprint density at radius 2 is 2.10 bits per heavy atom. The maximum absolute atomic E-state index is 13.6. The molecule has 0 bridgehead atoms.